The maximum absolute atomic E-state index is 14.1. The standard InChI is InChI=1S/C14H17BrFN3O/c1-10(9-19-4-6-20-7-5-19)18-12-3-2-11(8-17)13(15)14(12)16/h2-3,10,18H,4-7,9H2,1H3. The van der Waals surface area contributed by atoms with E-state index in [0.29, 0.717) is 11.3 Å². The number of hydrogen-bond acceptors (Lipinski definition) is 4. The predicted molar refractivity (Wildman–Crippen MR) is 79.2 cm³/mol. The molecule has 0 saturated carbocycles. The molecule has 6 heteroatoms. The fraction of sp³-hybridized carbons (Fsp3) is 0.500. The van der Waals surface area contributed by atoms with Crippen LogP contribution >= 0.6 is 15.9 Å². The van der Waals surface area contributed by atoms with E-state index >= 15 is 0 Å². The Morgan fingerprint density at radius 2 is 2.20 bits per heavy atom. The Labute approximate surface area is 126 Å². The van der Waals surface area contributed by atoms with Crippen LogP contribution < -0.4 is 5.32 Å². The van der Waals surface area contributed by atoms with Gasteiger partial charge in [0.2, 0.25) is 0 Å². The first-order valence-corrected chi connectivity index (χ1v) is 7.36. The molecule has 0 amide bonds. The van der Waals surface area contributed by atoms with Gasteiger partial charge in [-0.25, -0.2) is 4.39 Å². The SMILES string of the molecule is CC(CN1CCOCC1)Nc1ccc(C#N)c(Br)c1F. The van der Waals surface area contributed by atoms with Gasteiger partial charge >= 0.3 is 0 Å². The van der Waals surface area contributed by atoms with Gasteiger partial charge in [0.1, 0.15) is 6.07 Å². The van der Waals surface area contributed by atoms with Gasteiger partial charge in [0, 0.05) is 25.7 Å². The Balaban J connectivity index is 1.99. The van der Waals surface area contributed by atoms with Crippen LogP contribution in [0.2, 0.25) is 0 Å². The van der Waals surface area contributed by atoms with Crippen molar-refractivity contribution in [2.24, 2.45) is 0 Å². The Kier molecular flexibility index (Phi) is 5.35. The molecule has 1 N–H and O–H groups in total. The van der Waals surface area contributed by atoms with Gasteiger partial charge in [-0.1, -0.05) is 0 Å². The zero-order valence-electron chi connectivity index (χ0n) is 11.3. The second-order valence-corrected chi connectivity index (χ2v) is 5.65. The van der Waals surface area contributed by atoms with Crippen LogP contribution in [0, 0.1) is 17.1 Å². The number of halogens is 2. The Hall–Kier alpha value is -1.16. The molecular formula is C14H17BrFN3O. The van der Waals surface area contributed by atoms with E-state index in [1.165, 1.54) is 0 Å². The fourth-order valence-electron chi connectivity index (χ4n) is 2.23. The third-order valence-corrected chi connectivity index (χ3v) is 4.02. The molecule has 20 heavy (non-hydrogen) atoms. The molecule has 1 aliphatic rings. The lowest BCUT2D eigenvalue weighted by Gasteiger charge is -2.29. The summed E-state index contributed by atoms with van der Waals surface area (Å²) in [7, 11) is 0. The monoisotopic (exact) mass is 341 g/mol. The summed E-state index contributed by atoms with van der Waals surface area (Å²) in [5.74, 6) is -0.419. The molecule has 108 valence electrons. The van der Waals surface area contributed by atoms with E-state index in [1.807, 2.05) is 13.0 Å². The fourth-order valence-corrected chi connectivity index (χ4v) is 2.66. The molecule has 1 aromatic carbocycles. The summed E-state index contributed by atoms with van der Waals surface area (Å²) >= 11 is 3.12. The van der Waals surface area contributed by atoms with Crippen LogP contribution in [0.5, 0.6) is 0 Å². The van der Waals surface area contributed by atoms with Gasteiger partial charge in [-0.2, -0.15) is 5.26 Å². The third-order valence-electron chi connectivity index (χ3n) is 3.24. The summed E-state index contributed by atoms with van der Waals surface area (Å²) in [6.07, 6.45) is 0. The van der Waals surface area contributed by atoms with E-state index in [0.717, 1.165) is 32.8 Å². The van der Waals surface area contributed by atoms with E-state index in [9.17, 15) is 4.39 Å². The summed E-state index contributed by atoms with van der Waals surface area (Å²) in [5.41, 5.74) is 0.713. The van der Waals surface area contributed by atoms with E-state index < -0.39 is 5.82 Å². The molecule has 0 bridgehead atoms. The first-order valence-electron chi connectivity index (χ1n) is 6.56. The summed E-state index contributed by atoms with van der Waals surface area (Å²) < 4.78 is 19.6. The molecule has 1 fully saturated rings. The lowest BCUT2D eigenvalue weighted by molar-refractivity contribution is 0.0368. The van der Waals surface area contributed by atoms with Crippen LogP contribution in [0.25, 0.3) is 0 Å². The molecule has 1 heterocycles. The van der Waals surface area contributed by atoms with Crippen molar-refractivity contribution in [2.75, 3.05) is 38.2 Å². The molecule has 1 saturated heterocycles. The van der Waals surface area contributed by atoms with Crippen molar-refractivity contribution in [2.45, 2.75) is 13.0 Å². The Bertz CT molecular complexity index is 512. The molecule has 1 aromatic rings. The number of anilines is 1. The first-order chi connectivity index (χ1) is 9.61. The van der Waals surface area contributed by atoms with Crippen LogP contribution in [0.15, 0.2) is 16.6 Å². The van der Waals surface area contributed by atoms with E-state index in [1.54, 1.807) is 12.1 Å². The topological polar surface area (TPSA) is 48.3 Å². The first kappa shape index (κ1) is 15.2. The molecule has 0 spiro atoms. The van der Waals surface area contributed by atoms with Crippen molar-refractivity contribution >= 4 is 21.6 Å². The minimum absolute atomic E-state index is 0.113. The van der Waals surface area contributed by atoms with E-state index in [-0.39, 0.29) is 10.5 Å². The number of nitrogens with one attached hydrogen (secondary N) is 1. The number of morpholine rings is 1. The molecule has 1 aliphatic heterocycles. The Morgan fingerprint density at radius 1 is 1.50 bits per heavy atom. The maximum atomic E-state index is 14.1. The van der Waals surface area contributed by atoms with Crippen LogP contribution in [-0.4, -0.2) is 43.8 Å². The molecule has 4 nitrogen and oxygen atoms in total. The van der Waals surface area contributed by atoms with Crippen LogP contribution in [0.1, 0.15) is 12.5 Å². The van der Waals surface area contributed by atoms with Gasteiger partial charge in [0.25, 0.3) is 0 Å². The highest BCUT2D eigenvalue weighted by atomic mass is 79.9. The lowest BCUT2D eigenvalue weighted by atomic mass is 10.2. The summed E-state index contributed by atoms with van der Waals surface area (Å²) in [6.45, 7) is 6.17. The minimum Gasteiger partial charge on any atom is -0.379 e. The van der Waals surface area contributed by atoms with Gasteiger partial charge in [-0.05, 0) is 35.0 Å². The average molecular weight is 342 g/mol. The number of nitrogens with zero attached hydrogens (tertiary/aromatic N) is 2. The van der Waals surface area contributed by atoms with Crippen LogP contribution in [0.3, 0.4) is 0 Å². The molecule has 1 atom stereocenters. The highest BCUT2D eigenvalue weighted by Crippen LogP contribution is 2.27. The minimum atomic E-state index is -0.419. The van der Waals surface area contributed by atoms with Gasteiger partial charge in [-0.15, -0.1) is 0 Å². The van der Waals surface area contributed by atoms with Crippen molar-refractivity contribution in [3.8, 4) is 6.07 Å². The zero-order chi connectivity index (χ0) is 14.5. The molecular weight excluding hydrogens is 325 g/mol. The van der Waals surface area contributed by atoms with Gasteiger partial charge in [0.15, 0.2) is 5.82 Å². The molecule has 0 aliphatic carbocycles. The van der Waals surface area contributed by atoms with Crippen molar-refractivity contribution in [3.63, 3.8) is 0 Å². The second kappa shape index (κ2) is 7.02. The van der Waals surface area contributed by atoms with Gasteiger partial charge in [0.05, 0.1) is 28.9 Å². The Morgan fingerprint density at radius 3 is 2.85 bits per heavy atom. The second-order valence-electron chi connectivity index (χ2n) is 4.86. The summed E-state index contributed by atoms with van der Waals surface area (Å²) in [5, 5.41) is 12.0. The quantitative estimate of drug-likeness (QED) is 0.914. The molecule has 0 radical (unpaired) electrons. The number of benzene rings is 1. The van der Waals surface area contributed by atoms with Crippen molar-refractivity contribution in [1.82, 2.24) is 4.90 Å². The van der Waals surface area contributed by atoms with Gasteiger partial charge < -0.3 is 10.1 Å². The van der Waals surface area contributed by atoms with E-state index in [2.05, 4.69) is 26.1 Å². The number of hydrogen-bond donors (Lipinski definition) is 1. The normalized spacial score (nSPS) is 17.5. The number of rotatable bonds is 4. The van der Waals surface area contributed by atoms with Crippen molar-refractivity contribution < 1.29 is 9.13 Å². The highest BCUT2D eigenvalue weighted by molar-refractivity contribution is 9.10. The zero-order valence-corrected chi connectivity index (χ0v) is 12.9. The lowest BCUT2D eigenvalue weighted by Crippen LogP contribution is -2.42. The smallest absolute Gasteiger partial charge is 0.161 e. The summed E-state index contributed by atoms with van der Waals surface area (Å²) in [4.78, 5) is 2.29. The maximum Gasteiger partial charge on any atom is 0.161 e. The molecule has 1 unspecified atom stereocenters. The average Bonchev–Trinajstić information content (AvgIpc) is 2.45. The predicted octanol–water partition coefficient (Wildman–Crippen LogP) is 2.59. The molecule has 0 aromatic heterocycles. The van der Waals surface area contributed by atoms with E-state index in [4.69, 9.17) is 10.00 Å². The highest BCUT2D eigenvalue weighted by Gasteiger charge is 2.16. The largest absolute Gasteiger partial charge is 0.379 e. The number of nitriles is 1. The number of ether oxygens (including phenoxy) is 1. The summed E-state index contributed by atoms with van der Waals surface area (Å²) in [6, 6.07) is 5.27. The molecule has 2 rings (SSSR count). The van der Waals surface area contributed by atoms with Crippen LogP contribution in [-0.2, 0) is 4.74 Å². The van der Waals surface area contributed by atoms with Crippen molar-refractivity contribution in [1.29, 1.82) is 5.26 Å². The van der Waals surface area contributed by atoms with Gasteiger partial charge in [-0.3, -0.25) is 4.90 Å². The van der Waals surface area contributed by atoms with Crippen molar-refractivity contribution in [3.05, 3.63) is 28.0 Å². The van der Waals surface area contributed by atoms with Crippen LogP contribution in [0.4, 0.5) is 10.1 Å². The third kappa shape index (κ3) is 3.69.